The summed E-state index contributed by atoms with van der Waals surface area (Å²) in [7, 11) is 0. The monoisotopic (exact) mass is 326 g/mol. The van der Waals surface area contributed by atoms with Crippen LogP contribution in [0.3, 0.4) is 0 Å². The van der Waals surface area contributed by atoms with E-state index in [9.17, 15) is 4.79 Å². The van der Waals surface area contributed by atoms with Crippen LogP contribution < -0.4 is 5.73 Å². The Morgan fingerprint density at radius 3 is 1.65 bits per heavy atom. The maximum Gasteiger partial charge on any atom is 0.225 e. The first-order valence-electron chi connectivity index (χ1n) is 10.1. The van der Waals surface area contributed by atoms with Crippen molar-refractivity contribution < 1.29 is 4.79 Å². The van der Waals surface area contributed by atoms with Crippen LogP contribution in [0.5, 0.6) is 0 Å². The summed E-state index contributed by atoms with van der Waals surface area (Å²) in [5.74, 6) is -0.0716. The van der Waals surface area contributed by atoms with Gasteiger partial charge in [0.1, 0.15) is 0 Å². The van der Waals surface area contributed by atoms with E-state index in [4.69, 9.17) is 5.73 Å². The minimum Gasteiger partial charge on any atom is -0.369 e. The lowest BCUT2D eigenvalue weighted by Crippen LogP contribution is -2.55. The first kappa shape index (κ1) is 22.4. The predicted octanol–water partition coefficient (Wildman–Crippen LogP) is 5.13. The Morgan fingerprint density at radius 1 is 0.870 bits per heavy atom. The third-order valence-electron chi connectivity index (χ3n) is 5.12. The van der Waals surface area contributed by atoms with Crippen LogP contribution in [-0.2, 0) is 4.79 Å². The van der Waals surface area contributed by atoms with Crippen molar-refractivity contribution in [2.75, 3.05) is 13.1 Å². The number of unbranched alkanes of at least 4 members (excludes halogenated alkanes) is 2. The van der Waals surface area contributed by atoms with E-state index >= 15 is 0 Å². The molecule has 0 radical (unpaired) electrons. The molecule has 0 saturated carbocycles. The molecule has 1 amide bonds. The van der Waals surface area contributed by atoms with Gasteiger partial charge in [0.25, 0.3) is 0 Å². The van der Waals surface area contributed by atoms with Gasteiger partial charge in [-0.25, -0.2) is 0 Å². The van der Waals surface area contributed by atoms with E-state index in [-0.39, 0.29) is 11.3 Å². The number of carbonyl (C=O) groups is 1. The van der Waals surface area contributed by atoms with Crippen molar-refractivity contribution in [2.24, 2.45) is 11.1 Å². The molecule has 0 fully saturated rings. The van der Waals surface area contributed by atoms with Crippen LogP contribution in [0.4, 0.5) is 0 Å². The SMILES string of the molecule is CCCCN(CCCC)C(CCC)C(CCC)(CCC)C(N)=O. The van der Waals surface area contributed by atoms with Crippen molar-refractivity contribution in [3.63, 3.8) is 0 Å². The van der Waals surface area contributed by atoms with Crippen molar-refractivity contribution in [1.29, 1.82) is 0 Å². The fourth-order valence-electron chi connectivity index (χ4n) is 3.99. The molecular formula is C20H42N2O. The van der Waals surface area contributed by atoms with Gasteiger partial charge in [-0.15, -0.1) is 0 Å². The molecule has 0 aromatic rings. The second-order valence-corrected chi connectivity index (χ2v) is 7.07. The van der Waals surface area contributed by atoms with Crippen molar-refractivity contribution in [3.8, 4) is 0 Å². The lowest BCUT2D eigenvalue weighted by Gasteiger charge is -2.45. The van der Waals surface area contributed by atoms with Gasteiger partial charge in [0, 0.05) is 6.04 Å². The number of nitrogens with two attached hydrogens (primary N) is 1. The van der Waals surface area contributed by atoms with Crippen LogP contribution in [0.2, 0.25) is 0 Å². The average Bonchev–Trinajstić information content (AvgIpc) is 2.53. The van der Waals surface area contributed by atoms with Gasteiger partial charge in [0.2, 0.25) is 5.91 Å². The minimum absolute atomic E-state index is 0.0716. The second-order valence-electron chi connectivity index (χ2n) is 7.07. The zero-order valence-corrected chi connectivity index (χ0v) is 16.5. The van der Waals surface area contributed by atoms with Crippen LogP contribution in [0.25, 0.3) is 0 Å². The lowest BCUT2D eigenvalue weighted by molar-refractivity contribution is -0.134. The lowest BCUT2D eigenvalue weighted by atomic mass is 9.70. The number of rotatable bonds is 15. The van der Waals surface area contributed by atoms with Crippen LogP contribution >= 0.6 is 0 Å². The van der Waals surface area contributed by atoms with E-state index in [0.717, 1.165) is 51.6 Å². The Hall–Kier alpha value is -0.570. The van der Waals surface area contributed by atoms with E-state index in [0.29, 0.717) is 6.04 Å². The van der Waals surface area contributed by atoms with Gasteiger partial charge in [-0.1, -0.05) is 66.7 Å². The quantitative estimate of drug-likeness (QED) is 0.453. The predicted molar refractivity (Wildman–Crippen MR) is 102 cm³/mol. The Labute approximate surface area is 145 Å². The molecule has 138 valence electrons. The molecule has 0 spiro atoms. The molecular weight excluding hydrogens is 284 g/mol. The van der Waals surface area contributed by atoms with Gasteiger partial charge in [-0.05, 0) is 45.2 Å². The summed E-state index contributed by atoms with van der Waals surface area (Å²) in [6.07, 6.45) is 10.9. The molecule has 0 heterocycles. The largest absolute Gasteiger partial charge is 0.369 e. The fourth-order valence-corrected chi connectivity index (χ4v) is 3.99. The third kappa shape index (κ3) is 6.82. The van der Waals surface area contributed by atoms with Crippen molar-refractivity contribution in [3.05, 3.63) is 0 Å². The van der Waals surface area contributed by atoms with Crippen molar-refractivity contribution >= 4 is 5.91 Å². The van der Waals surface area contributed by atoms with Crippen LogP contribution in [0, 0.1) is 5.41 Å². The summed E-state index contributed by atoms with van der Waals surface area (Å²) in [6.45, 7) is 13.3. The van der Waals surface area contributed by atoms with E-state index in [1.165, 1.54) is 25.7 Å². The highest BCUT2D eigenvalue weighted by atomic mass is 16.1. The third-order valence-corrected chi connectivity index (χ3v) is 5.12. The number of nitrogens with zero attached hydrogens (tertiary/aromatic N) is 1. The van der Waals surface area contributed by atoms with Gasteiger partial charge >= 0.3 is 0 Å². The summed E-state index contributed by atoms with van der Waals surface area (Å²) in [4.78, 5) is 15.2. The maximum absolute atomic E-state index is 12.6. The number of amides is 1. The number of hydrogen-bond acceptors (Lipinski definition) is 2. The van der Waals surface area contributed by atoms with E-state index in [1.807, 2.05) is 0 Å². The molecule has 0 bridgehead atoms. The molecule has 0 aromatic heterocycles. The van der Waals surface area contributed by atoms with Crippen molar-refractivity contribution in [2.45, 2.75) is 105 Å². The van der Waals surface area contributed by atoms with Gasteiger partial charge in [0.15, 0.2) is 0 Å². The molecule has 3 nitrogen and oxygen atoms in total. The van der Waals surface area contributed by atoms with Crippen LogP contribution in [0.15, 0.2) is 0 Å². The Morgan fingerprint density at radius 2 is 1.35 bits per heavy atom. The number of primary amides is 1. The first-order chi connectivity index (χ1) is 11.0. The number of hydrogen-bond donors (Lipinski definition) is 1. The molecule has 0 aromatic carbocycles. The van der Waals surface area contributed by atoms with Gasteiger partial charge in [-0.2, -0.15) is 0 Å². The normalized spacial score (nSPS) is 13.5. The van der Waals surface area contributed by atoms with Crippen molar-refractivity contribution in [1.82, 2.24) is 4.90 Å². The van der Waals surface area contributed by atoms with E-state index in [1.54, 1.807) is 0 Å². The Bertz CT molecular complexity index is 290. The molecule has 0 aliphatic heterocycles. The average molecular weight is 327 g/mol. The molecule has 1 atom stereocenters. The summed E-state index contributed by atoms with van der Waals surface area (Å²) in [5, 5.41) is 0. The zero-order valence-electron chi connectivity index (χ0n) is 16.5. The van der Waals surface area contributed by atoms with Crippen LogP contribution in [-0.4, -0.2) is 29.9 Å². The smallest absolute Gasteiger partial charge is 0.225 e. The molecule has 0 aliphatic rings. The highest BCUT2D eigenvalue weighted by Crippen LogP contribution is 2.39. The fraction of sp³-hybridized carbons (Fsp3) is 0.950. The summed E-state index contributed by atoms with van der Waals surface area (Å²) < 4.78 is 0. The zero-order chi connectivity index (χ0) is 17.7. The second kappa shape index (κ2) is 12.8. The van der Waals surface area contributed by atoms with Crippen LogP contribution in [0.1, 0.15) is 98.8 Å². The Balaban J connectivity index is 5.60. The highest BCUT2D eigenvalue weighted by Gasteiger charge is 2.44. The molecule has 23 heavy (non-hydrogen) atoms. The first-order valence-corrected chi connectivity index (χ1v) is 10.1. The summed E-state index contributed by atoms with van der Waals surface area (Å²) in [6, 6.07) is 0.308. The molecule has 0 aliphatic carbocycles. The standard InChI is InChI=1S/C20H42N2O/c1-6-11-16-22(17-12-7-2)18(13-8-3)20(14-9-4,15-10-5)19(21)23/h18H,6-17H2,1-5H3,(H2,21,23). The van der Waals surface area contributed by atoms with E-state index < -0.39 is 0 Å². The maximum atomic E-state index is 12.6. The molecule has 1 unspecified atom stereocenters. The minimum atomic E-state index is -0.346. The van der Waals surface area contributed by atoms with Gasteiger partial charge in [0.05, 0.1) is 5.41 Å². The molecule has 0 saturated heterocycles. The Kier molecular flexibility index (Phi) is 12.5. The summed E-state index contributed by atoms with van der Waals surface area (Å²) in [5.41, 5.74) is 5.66. The van der Waals surface area contributed by atoms with Gasteiger partial charge < -0.3 is 5.73 Å². The van der Waals surface area contributed by atoms with E-state index in [2.05, 4.69) is 39.5 Å². The topological polar surface area (TPSA) is 46.3 Å². The highest BCUT2D eigenvalue weighted by molar-refractivity contribution is 5.81. The molecule has 2 N–H and O–H groups in total. The molecule has 0 rings (SSSR count). The summed E-state index contributed by atoms with van der Waals surface area (Å²) >= 11 is 0. The number of carbonyl (C=O) groups excluding carboxylic acids is 1. The molecule has 3 heteroatoms. The van der Waals surface area contributed by atoms with Gasteiger partial charge in [-0.3, -0.25) is 9.69 Å².